The summed E-state index contributed by atoms with van der Waals surface area (Å²) in [6.07, 6.45) is 3.99. The lowest BCUT2D eigenvalue weighted by atomic mass is 9.95. The molecule has 2 heterocycles. The van der Waals surface area contributed by atoms with Crippen molar-refractivity contribution in [1.82, 2.24) is 5.32 Å². The van der Waals surface area contributed by atoms with Gasteiger partial charge in [0.05, 0.1) is 6.10 Å². The summed E-state index contributed by atoms with van der Waals surface area (Å²) in [7, 11) is 0. The highest BCUT2D eigenvalue weighted by molar-refractivity contribution is 6.04. The molecule has 0 unspecified atom stereocenters. The fraction of sp³-hybridized carbons (Fsp3) is 0.368. The third-order valence-corrected chi connectivity index (χ3v) is 4.71. The normalized spacial score (nSPS) is 20.5. The molecular formula is C19H21NO2. The van der Waals surface area contributed by atoms with Crippen LogP contribution >= 0.6 is 0 Å². The van der Waals surface area contributed by atoms with Crippen molar-refractivity contribution in [3.05, 3.63) is 48.0 Å². The summed E-state index contributed by atoms with van der Waals surface area (Å²) >= 11 is 0. The number of para-hydroxylation sites is 1. The Balaban J connectivity index is 1.62. The third-order valence-electron chi connectivity index (χ3n) is 4.71. The van der Waals surface area contributed by atoms with Crippen molar-refractivity contribution in [2.24, 2.45) is 0 Å². The number of fused-ring (bicyclic) bond motifs is 3. The van der Waals surface area contributed by atoms with Crippen LogP contribution in [0.15, 0.2) is 46.9 Å². The van der Waals surface area contributed by atoms with Crippen LogP contribution in [0.1, 0.15) is 37.4 Å². The summed E-state index contributed by atoms with van der Waals surface area (Å²) < 4.78 is 5.91. The summed E-state index contributed by atoms with van der Waals surface area (Å²) in [4.78, 5) is 0. The van der Waals surface area contributed by atoms with Crippen molar-refractivity contribution in [1.29, 1.82) is 0 Å². The van der Waals surface area contributed by atoms with Gasteiger partial charge in [0.1, 0.15) is 11.2 Å². The highest BCUT2D eigenvalue weighted by Gasteiger charge is 2.19. The first-order valence-corrected chi connectivity index (χ1v) is 8.14. The van der Waals surface area contributed by atoms with Crippen molar-refractivity contribution in [3.63, 3.8) is 0 Å². The van der Waals surface area contributed by atoms with Gasteiger partial charge in [-0.25, -0.2) is 0 Å². The quantitative estimate of drug-likeness (QED) is 0.763. The van der Waals surface area contributed by atoms with Crippen molar-refractivity contribution in [3.8, 4) is 0 Å². The Morgan fingerprint density at radius 1 is 1.09 bits per heavy atom. The number of hydrogen-bond donors (Lipinski definition) is 2. The maximum atomic E-state index is 10.5. The summed E-state index contributed by atoms with van der Waals surface area (Å²) in [5.74, 6) is 0. The number of piperidine rings is 1. The molecule has 1 fully saturated rings. The fourth-order valence-electron chi connectivity index (χ4n) is 3.48. The molecule has 1 aromatic heterocycles. The van der Waals surface area contributed by atoms with Gasteiger partial charge in [-0.05, 0) is 43.5 Å². The largest absolute Gasteiger partial charge is 0.456 e. The van der Waals surface area contributed by atoms with Gasteiger partial charge >= 0.3 is 0 Å². The van der Waals surface area contributed by atoms with E-state index in [9.17, 15) is 5.11 Å². The van der Waals surface area contributed by atoms with Crippen LogP contribution in [-0.4, -0.2) is 17.7 Å². The van der Waals surface area contributed by atoms with Gasteiger partial charge < -0.3 is 14.8 Å². The number of aliphatic hydroxyl groups excluding tert-OH is 1. The SMILES string of the molecule is O[C@@H](C[C@@H]1CCCCN1)c1ccc2c(c1)oc1ccccc12. The predicted molar refractivity (Wildman–Crippen MR) is 88.9 cm³/mol. The van der Waals surface area contributed by atoms with Crippen LogP contribution in [0.25, 0.3) is 21.9 Å². The molecule has 2 atom stereocenters. The minimum atomic E-state index is -0.437. The molecule has 0 bridgehead atoms. The van der Waals surface area contributed by atoms with Gasteiger partial charge in [-0.15, -0.1) is 0 Å². The second kappa shape index (κ2) is 5.75. The first-order valence-electron chi connectivity index (χ1n) is 8.14. The maximum absolute atomic E-state index is 10.5. The fourth-order valence-corrected chi connectivity index (χ4v) is 3.48. The lowest BCUT2D eigenvalue weighted by Gasteiger charge is -2.25. The minimum Gasteiger partial charge on any atom is -0.456 e. The number of hydrogen-bond acceptors (Lipinski definition) is 3. The molecule has 2 aromatic carbocycles. The molecule has 22 heavy (non-hydrogen) atoms. The van der Waals surface area contributed by atoms with Crippen molar-refractivity contribution in [2.75, 3.05) is 6.54 Å². The molecule has 3 heteroatoms. The Hall–Kier alpha value is -1.84. The van der Waals surface area contributed by atoms with E-state index in [4.69, 9.17) is 4.42 Å². The second-order valence-electron chi connectivity index (χ2n) is 6.25. The number of rotatable bonds is 3. The van der Waals surface area contributed by atoms with E-state index in [1.807, 2.05) is 30.3 Å². The molecule has 0 amide bonds. The lowest BCUT2D eigenvalue weighted by molar-refractivity contribution is 0.144. The van der Waals surface area contributed by atoms with Gasteiger partial charge in [0.2, 0.25) is 0 Å². The summed E-state index contributed by atoms with van der Waals surface area (Å²) in [5.41, 5.74) is 2.70. The summed E-state index contributed by atoms with van der Waals surface area (Å²) in [6, 6.07) is 14.6. The Kier molecular flexibility index (Phi) is 3.60. The molecule has 3 aromatic rings. The molecule has 0 spiro atoms. The van der Waals surface area contributed by atoms with E-state index in [2.05, 4.69) is 17.4 Å². The molecule has 114 valence electrons. The average molecular weight is 295 g/mol. The van der Waals surface area contributed by atoms with E-state index in [1.54, 1.807) is 0 Å². The minimum absolute atomic E-state index is 0.426. The molecule has 4 rings (SSSR count). The smallest absolute Gasteiger partial charge is 0.135 e. The second-order valence-corrected chi connectivity index (χ2v) is 6.25. The number of nitrogens with one attached hydrogen (secondary N) is 1. The van der Waals surface area contributed by atoms with Crippen LogP contribution in [0.5, 0.6) is 0 Å². The van der Waals surface area contributed by atoms with E-state index in [-0.39, 0.29) is 0 Å². The Morgan fingerprint density at radius 2 is 1.95 bits per heavy atom. The van der Waals surface area contributed by atoms with E-state index in [0.717, 1.165) is 46.9 Å². The third kappa shape index (κ3) is 2.51. The van der Waals surface area contributed by atoms with E-state index in [1.165, 1.54) is 12.8 Å². The monoisotopic (exact) mass is 295 g/mol. The van der Waals surface area contributed by atoms with Gasteiger partial charge in [-0.2, -0.15) is 0 Å². The maximum Gasteiger partial charge on any atom is 0.135 e. The van der Waals surface area contributed by atoms with Crippen LogP contribution in [-0.2, 0) is 0 Å². The number of aliphatic hydroxyl groups is 1. The highest BCUT2D eigenvalue weighted by Crippen LogP contribution is 2.31. The van der Waals surface area contributed by atoms with Crippen molar-refractivity contribution >= 4 is 21.9 Å². The van der Waals surface area contributed by atoms with Gasteiger partial charge in [-0.3, -0.25) is 0 Å². The van der Waals surface area contributed by atoms with Crippen LogP contribution < -0.4 is 5.32 Å². The number of benzene rings is 2. The Labute approximate surface area is 129 Å². The lowest BCUT2D eigenvalue weighted by Crippen LogP contribution is -2.35. The zero-order chi connectivity index (χ0) is 14.9. The van der Waals surface area contributed by atoms with E-state index < -0.39 is 6.10 Å². The topological polar surface area (TPSA) is 45.4 Å². The summed E-state index contributed by atoms with van der Waals surface area (Å²) in [6.45, 7) is 1.07. The summed E-state index contributed by atoms with van der Waals surface area (Å²) in [5, 5.41) is 16.3. The zero-order valence-electron chi connectivity index (χ0n) is 12.6. The molecule has 2 N–H and O–H groups in total. The van der Waals surface area contributed by atoms with Crippen LogP contribution in [0.4, 0.5) is 0 Å². The van der Waals surface area contributed by atoms with Crippen LogP contribution in [0, 0.1) is 0 Å². The van der Waals surface area contributed by atoms with Gasteiger partial charge in [0, 0.05) is 16.8 Å². The van der Waals surface area contributed by atoms with Gasteiger partial charge in [0.15, 0.2) is 0 Å². The van der Waals surface area contributed by atoms with Crippen LogP contribution in [0.3, 0.4) is 0 Å². The first-order chi connectivity index (χ1) is 10.8. The molecule has 0 radical (unpaired) electrons. The predicted octanol–water partition coefficient (Wildman–Crippen LogP) is 4.15. The standard InChI is InChI=1S/C19H21NO2/c21-17(12-14-5-3-4-10-20-14)13-8-9-16-15-6-1-2-7-18(15)22-19(16)11-13/h1-2,6-9,11,14,17,20-21H,3-5,10,12H2/t14-,17-/m0/s1. The average Bonchev–Trinajstić information content (AvgIpc) is 2.93. The zero-order valence-corrected chi connectivity index (χ0v) is 12.6. The van der Waals surface area contributed by atoms with Crippen molar-refractivity contribution in [2.45, 2.75) is 37.8 Å². The molecule has 0 saturated carbocycles. The molecule has 1 aliphatic rings. The van der Waals surface area contributed by atoms with Crippen LogP contribution in [0.2, 0.25) is 0 Å². The van der Waals surface area contributed by atoms with Crippen molar-refractivity contribution < 1.29 is 9.52 Å². The Morgan fingerprint density at radius 3 is 2.82 bits per heavy atom. The van der Waals surface area contributed by atoms with Gasteiger partial charge in [0.25, 0.3) is 0 Å². The van der Waals surface area contributed by atoms with E-state index >= 15 is 0 Å². The number of furan rings is 1. The highest BCUT2D eigenvalue weighted by atomic mass is 16.3. The Bertz CT molecular complexity index is 786. The molecule has 3 nitrogen and oxygen atoms in total. The molecular weight excluding hydrogens is 274 g/mol. The molecule has 1 saturated heterocycles. The first kappa shape index (κ1) is 13.8. The van der Waals surface area contributed by atoms with E-state index in [0.29, 0.717) is 6.04 Å². The van der Waals surface area contributed by atoms with Gasteiger partial charge in [-0.1, -0.05) is 36.8 Å². The molecule has 1 aliphatic heterocycles. The molecule has 0 aliphatic carbocycles.